The molecule has 0 fully saturated rings. The van der Waals surface area contributed by atoms with Crippen molar-refractivity contribution in [3.8, 4) is 11.5 Å². The van der Waals surface area contributed by atoms with Crippen LogP contribution in [0.15, 0.2) is 39.4 Å². The number of halogens is 3. The first-order chi connectivity index (χ1) is 11.3. The largest absolute Gasteiger partial charge is 0.586 e. The van der Waals surface area contributed by atoms with Gasteiger partial charge in [-0.3, -0.25) is 4.79 Å². The summed E-state index contributed by atoms with van der Waals surface area (Å²) in [6, 6.07) is 6.60. The van der Waals surface area contributed by atoms with Gasteiger partial charge in [-0.05, 0) is 40.2 Å². The number of alkyl halides is 2. The number of hydrogen-bond acceptors (Lipinski definition) is 6. The number of furan rings is 1. The summed E-state index contributed by atoms with van der Waals surface area (Å²) in [4.78, 5) is 23.3. The van der Waals surface area contributed by atoms with E-state index >= 15 is 0 Å². The molecule has 1 N–H and O–H groups in total. The van der Waals surface area contributed by atoms with Gasteiger partial charge < -0.3 is 23.9 Å². The molecule has 1 amide bonds. The fraction of sp³-hybridized carbons (Fsp3) is 0.143. The van der Waals surface area contributed by atoms with Crippen LogP contribution >= 0.6 is 15.9 Å². The minimum absolute atomic E-state index is 0.0695. The second-order valence-electron chi connectivity index (χ2n) is 4.56. The molecule has 3 rings (SSSR count). The average molecular weight is 404 g/mol. The van der Waals surface area contributed by atoms with Crippen molar-refractivity contribution in [3.63, 3.8) is 0 Å². The highest BCUT2D eigenvalue weighted by atomic mass is 79.9. The van der Waals surface area contributed by atoms with Crippen LogP contribution in [0.5, 0.6) is 11.5 Å². The summed E-state index contributed by atoms with van der Waals surface area (Å²) in [5.74, 6) is -1.91. The van der Waals surface area contributed by atoms with Crippen molar-refractivity contribution in [3.05, 3.63) is 40.8 Å². The quantitative estimate of drug-likeness (QED) is 0.788. The number of rotatable bonds is 4. The van der Waals surface area contributed by atoms with Crippen LogP contribution in [0.2, 0.25) is 0 Å². The number of hydrogen-bond donors (Lipinski definition) is 1. The van der Waals surface area contributed by atoms with Crippen LogP contribution in [-0.4, -0.2) is 24.8 Å². The molecule has 0 saturated heterocycles. The third kappa shape index (κ3) is 3.65. The average Bonchev–Trinajstić information content (AvgIpc) is 3.06. The number of esters is 1. The Morgan fingerprint density at radius 3 is 2.62 bits per heavy atom. The summed E-state index contributed by atoms with van der Waals surface area (Å²) < 4.78 is 44.4. The molecule has 1 aromatic carbocycles. The van der Waals surface area contributed by atoms with Gasteiger partial charge in [-0.1, -0.05) is 0 Å². The predicted octanol–water partition coefficient (Wildman–Crippen LogP) is 3.16. The van der Waals surface area contributed by atoms with Gasteiger partial charge in [0, 0.05) is 11.8 Å². The van der Waals surface area contributed by atoms with Crippen LogP contribution in [-0.2, 0) is 9.53 Å². The molecule has 1 aliphatic heterocycles. The SMILES string of the molecule is O=C(COC(=O)c1ccc(Br)o1)Nc1ccc2c(c1)OC(F)(F)O2. The van der Waals surface area contributed by atoms with Gasteiger partial charge in [0.05, 0.1) is 0 Å². The van der Waals surface area contributed by atoms with Gasteiger partial charge in [0.15, 0.2) is 22.8 Å². The standard InChI is InChI=1S/C14H8BrF2NO6/c15-11-4-3-9(22-11)13(20)21-6-12(19)18-7-1-2-8-10(5-7)24-14(16,17)23-8/h1-5H,6H2,(H,18,19). The van der Waals surface area contributed by atoms with E-state index in [-0.39, 0.29) is 22.9 Å². The summed E-state index contributed by atoms with van der Waals surface area (Å²) in [5, 5.41) is 2.37. The number of benzene rings is 1. The molecule has 0 saturated carbocycles. The molecule has 7 nitrogen and oxygen atoms in total. The predicted molar refractivity (Wildman–Crippen MR) is 78.0 cm³/mol. The fourth-order valence-corrected chi connectivity index (χ4v) is 2.16. The highest BCUT2D eigenvalue weighted by Crippen LogP contribution is 2.42. The highest BCUT2D eigenvalue weighted by molar-refractivity contribution is 9.10. The third-order valence-corrected chi connectivity index (χ3v) is 3.22. The zero-order valence-corrected chi connectivity index (χ0v) is 13.3. The molecular weight excluding hydrogens is 396 g/mol. The highest BCUT2D eigenvalue weighted by Gasteiger charge is 2.43. The molecule has 24 heavy (non-hydrogen) atoms. The second-order valence-corrected chi connectivity index (χ2v) is 5.34. The Hall–Kier alpha value is -2.62. The topological polar surface area (TPSA) is 87.0 Å². The van der Waals surface area contributed by atoms with Gasteiger partial charge >= 0.3 is 12.3 Å². The van der Waals surface area contributed by atoms with Crippen LogP contribution in [0, 0.1) is 0 Å². The number of amides is 1. The monoisotopic (exact) mass is 403 g/mol. The lowest BCUT2D eigenvalue weighted by atomic mass is 10.3. The lowest BCUT2D eigenvalue weighted by molar-refractivity contribution is -0.286. The number of carbonyl (C=O) groups excluding carboxylic acids is 2. The molecule has 0 aliphatic carbocycles. The summed E-state index contributed by atoms with van der Waals surface area (Å²) in [6.45, 7) is -0.582. The molecule has 2 aromatic rings. The molecule has 10 heteroatoms. The molecule has 126 valence electrons. The van der Waals surface area contributed by atoms with Gasteiger partial charge in [0.1, 0.15) is 0 Å². The van der Waals surface area contributed by atoms with Crippen LogP contribution in [0.4, 0.5) is 14.5 Å². The van der Waals surface area contributed by atoms with Gasteiger partial charge in [0.2, 0.25) is 5.76 Å². The minimum atomic E-state index is -3.74. The maximum atomic E-state index is 12.9. The zero-order chi connectivity index (χ0) is 17.3. The van der Waals surface area contributed by atoms with E-state index in [0.717, 1.165) is 0 Å². The number of anilines is 1. The minimum Gasteiger partial charge on any atom is -0.450 e. The van der Waals surface area contributed by atoms with Crippen molar-refractivity contribution < 1.29 is 37.0 Å². The summed E-state index contributed by atoms with van der Waals surface area (Å²) >= 11 is 3.03. The van der Waals surface area contributed by atoms with Crippen molar-refractivity contribution in [1.29, 1.82) is 0 Å². The molecule has 1 aromatic heterocycles. The molecule has 0 spiro atoms. The lowest BCUT2D eigenvalue weighted by Crippen LogP contribution is -2.25. The van der Waals surface area contributed by atoms with Gasteiger partial charge in [-0.2, -0.15) is 0 Å². The summed E-state index contributed by atoms with van der Waals surface area (Å²) in [6.07, 6.45) is -3.74. The van der Waals surface area contributed by atoms with Crippen molar-refractivity contribution in [1.82, 2.24) is 0 Å². The smallest absolute Gasteiger partial charge is 0.450 e. The van der Waals surface area contributed by atoms with Crippen LogP contribution in [0.3, 0.4) is 0 Å². The molecule has 1 aliphatic rings. The lowest BCUT2D eigenvalue weighted by Gasteiger charge is -2.06. The zero-order valence-electron chi connectivity index (χ0n) is 11.7. The van der Waals surface area contributed by atoms with Crippen LogP contribution in [0.1, 0.15) is 10.6 Å². The van der Waals surface area contributed by atoms with E-state index in [1.807, 2.05) is 0 Å². The van der Waals surface area contributed by atoms with E-state index in [2.05, 4.69) is 30.7 Å². The number of carbonyl (C=O) groups is 2. The molecule has 0 unspecified atom stereocenters. The Kier molecular flexibility index (Phi) is 4.14. The maximum Gasteiger partial charge on any atom is 0.586 e. The first-order valence-corrected chi connectivity index (χ1v) is 7.24. The molecular formula is C14H8BrF2NO6. The van der Waals surface area contributed by atoms with Gasteiger partial charge in [-0.15, -0.1) is 8.78 Å². The Labute approximate surface area is 141 Å². The Balaban J connectivity index is 1.55. The fourth-order valence-electron chi connectivity index (χ4n) is 1.85. The first-order valence-electron chi connectivity index (χ1n) is 6.45. The molecule has 0 atom stereocenters. The van der Waals surface area contributed by atoms with E-state index in [0.29, 0.717) is 4.67 Å². The Morgan fingerprint density at radius 2 is 1.92 bits per heavy atom. The number of ether oxygens (including phenoxy) is 3. The number of nitrogens with one attached hydrogen (secondary N) is 1. The van der Waals surface area contributed by atoms with Crippen LogP contribution in [0.25, 0.3) is 0 Å². The maximum absolute atomic E-state index is 12.9. The van der Waals surface area contributed by atoms with E-state index in [1.54, 1.807) is 0 Å². The third-order valence-electron chi connectivity index (χ3n) is 2.79. The van der Waals surface area contributed by atoms with Crippen molar-refractivity contribution >= 4 is 33.5 Å². The van der Waals surface area contributed by atoms with Crippen molar-refractivity contribution in [2.45, 2.75) is 6.29 Å². The van der Waals surface area contributed by atoms with Gasteiger partial charge in [0.25, 0.3) is 5.91 Å². The molecule has 2 heterocycles. The first kappa shape index (κ1) is 16.2. The van der Waals surface area contributed by atoms with E-state index < -0.39 is 24.8 Å². The van der Waals surface area contributed by atoms with E-state index in [9.17, 15) is 18.4 Å². The van der Waals surface area contributed by atoms with Crippen molar-refractivity contribution in [2.24, 2.45) is 0 Å². The Bertz CT molecular complexity index is 806. The van der Waals surface area contributed by atoms with E-state index in [1.165, 1.54) is 30.3 Å². The molecule has 0 bridgehead atoms. The van der Waals surface area contributed by atoms with Crippen molar-refractivity contribution in [2.75, 3.05) is 11.9 Å². The summed E-state index contributed by atoms with van der Waals surface area (Å²) in [7, 11) is 0. The Morgan fingerprint density at radius 1 is 1.17 bits per heavy atom. The molecule has 0 radical (unpaired) electrons. The van der Waals surface area contributed by atoms with Crippen LogP contribution < -0.4 is 14.8 Å². The van der Waals surface area contributed by atoms with E-state index in [4.69, 9.17) is 9.15 Å². The number of fused-ring (bicyclic) bond motifs is 1. The second kappa shape index (κ2) is 6.11. The van der Waals surface area contributed by atoms with Gasteiger partial charge in [-0.25, -0.2) is 4.79 Å². The normalized spacial score (nSPS) is 14.3. The summed E-state index contributed by atoms with van der Waals surface area (Å²) in [5.41, 5.74) is 0.178.